The fourth-order valence-corrected chi connectivity index (χ4v) is 5.99. The van der Waals surface area contributed by atoms with Crippen molar-refractivity contribution in [3.63, 3.8) is 0 Å². The van der Waals surface area contributed by atoms with Gasteiger partial charge in [-0.05, 0) is 35.7 Å². The van der Waals surface area contributed by atoms with Gasteiger partial charge in [0.2, 0.25) is 5.91 Å². The van der Waals surface area contributed by atoms with Crippen LogP contribution < -0.4 is 0 Å². The number of carbonyl (C=O) groups is 1. The van der Waals surface area contributed by atoms with Gasteiger partial charge in [0, 0.05) is 39.0 Å². The molecular weight excluding hydrogens is 427 g/mol. The molecule has 30 heavy (non-hydrogen) atoms. The fourth-order valence-electron chi connectivity index (χ4n) is 3.42. The summed E-state index contributed by atoms with van der Waals surface area (Å²) in [5.41, 5.74) is 0.387. The van der Waals surface area contributed by atoms with Crippen molar-refractivity contribution in [3.8, 4) is 11.3 Å². The number of sulfonamides is 1. The second kappa shape index (κ2) is 8.71. The maximum atomic E-state index is 13.9. The van der Waals surface area contributed by atoms with Gasteiger partial charge in [-0.1, -0.05) is 18.2 Å². The summed E-state index contributed by atoms with van der Waals surface area (Å²) in [5, 5.41) is 1.74. The summed E-state index contributed by atoms with van der Waals surface area (Å²) in [5.74, 6) is 0.639. The molecule has 0 aliphatic carbocycles. The van der Waals surface area contributed by atoms with E-state index in [1.165, 1.54) is 21.7 Å². The van der Waals surface area contributed by atoms with Crippen LogP contribution in [0.3, 0.4) is 0 Å². The Morgan fingerprint density at radius 3 is 2.50 bits per heavy atom. The minimum absolute atomic E-state index is 0.0491. The molecule has 0 atom stereocenters. The van der Waals surface area contributed by atoms with E-state index in [0.29, 0.717) is 40.8 Å². The number of piperazine rings is 1. The second-order valence-corrected chi connectivity index (χ2v) is 10.1. The summed E-state index contributed by atoms with van der Waals surface area (Å²) in [6, 6.07) is 13.1. The molecule has 0 radical (unpaired) electrons. The summed E-state index contributed by atoms with van der Waals surface area (Å²) in [6.45, 7) is 1.29. The van der Waals surface area contributed by atoms with Gasteiger partial charge in [0.25, 0.3) is 10.0 Å². The van der Waals surface area contributed by atoms with Crippen molar-refractivity contribution in [2.75, 3.05) is 26.2 Å². The van der Waals surface area contributed by atoms with E-state index in [1.807, 2.05) is 0 Å². The topological polar surface area (TPSA) is 70.8 Å². The van der Waals surface area contributed by atoms with Crippen LogP contribution in [0.15, 0.2) is 62.5 Å². The maximum absolute atomic E-state index is 13.9. The first kappa shape index (κ1) is 20.8. The van der Waals surface area contributed by atoms with Gasteiger partial charge in [-0.3, -0.25) is 4.79 Å². The van der Waals surface area contributed by atoms with Gasteiger partial charge >= 0.3 is 0 Å². The lowest BCUT2D eigenvalue weighted by Gasteiger charge is -2.33. The SMILES string of the molecule is O=C(CCc1ccc(-c2ccccc2F)o1)N1CCN(S(=O)(=O)c2cccs2)CC1. The first-order chi connectivity index (χ1) is 14.4. The Kier molecular flexibility index (Phi) is 6.03. The molecule has 1 aromatic carbocycles. The van der Waals surface area contributed by atoms with Crippen LogP contribution >= 0.6 is 11.3 Å². The van der Waals surface area contributed by atoms with Crippen molar-refractivity contribution in [3.05, 3.63) is 65.5 Å². The lowest BCUT2D eigenvalue weighted by atomic mass is 10.1. The van der Waals surface area contributed by atoms with E-state index >= 15 is 0 Å². The standard InChI is InChI=1S/C21H21FN2O4S2/c22-18-5-2-1-4-17(18)19-9-7-16(28-19)8-10-20(25)23-11-13-24(14-12-23)30(26,27)21-6-3-15-29-21/h1-7,9,15H,8,10-14H2. The zero-order chi connectivity index (χ0) is 21.1. The molecule has 1 aliphatic rings. The Bertz CT molecular complexity index is 1120. The van der Waals surface area contributed by atoms with Crippen LogP contribution in [0.2, 0.25) is 0 Å². The zero-order valence-electron chi connectivity index (χ0n) is 16.2. The molecular formula is C21H21FN2O4S2. The normalized spacial score (nSPS) is 15.4. The van der Waals surface area contributed by atoms with E-state index in [4.69, 9.17) is 4.42 Å². The van der Waals surface area contributed by atoms with Gasteiger partial charge in [-0.15, -0.1) is 11.3 Å². The van der Waals surface area contributed by atoms with Crippen molar-refractivity contribution in [1.82, 2.24) is 9.21 Å². The predicted molar refractivity (Wildman–Crippen MR) is 112 cm³/mol. The third-order valence-corrected chi connectivity index (χ3v) is 8.34. The van der Waals surface area contributed by atoms with Crippen molar-refractivity contribution >= 4 is 27.3 Å². The van der Waals surface area contributed by atoms with Gasteiger partial charge in [-0.25, -0.2) is 12.8 Å². The lowest BCUT2D eigenvalue weighted by molar-refractivity contribution is -0.132. The smallest absolute Gasteiger partial charge is 0.252 e. The highest BCUT2D eigenvalue weighted by atomic mass is 32.2. The molecule has 0 unspecified atom stereocenters. The Morgan fingerprint density at radius 1 is 1.03 bits per heavy atom. The fraction of sp³-hybridized carbons (Fsp3) is 0.286. The Morgan fingerprint density at radius 2 is 1.80 bits per heavy atom. The minimum Gasteiger partial charge on any atom is -0.461 e. The number of rotatable bonds is 6. The second-order valence-electron chi connectivity index (χ2n) is 6.96. The Balaban J connectivity index is 1.30. The first-order valence-electron chi connectivity index (χ1n) is 9.60. The largest absolute Gasteiger partial charge is 0.461 e. The monoisotopic (exact) mass is 448 g/mol. The molecule has 0 saturated carbocycles. The number of benzene rings is 1. The van der Waals surface area contributed by atoms with Crippen LogP contribution in [0.4, 0.5) is 4.39 Å². The molecule has 0 N–H and O–H groups in total. The number of nitrogens with zero attached hydrogens (tertiary/aromatic N) is 2. The van der Waals surface area contributed by atoms with Crippen LogP contribution in [0.5, 0.6) is 0 Å². The number of furan rings is 1. The number of amides is 1. The highest BCUT2D eigenvalue weighted by molar-refractivity contribution is 7.91. The van der Waals surface area contributed by atoms with Crippen LogP contribution in [-0.4, -0.2) is 49.7 Å². The number of aryl methyl sites for hydroxylation is 1. The Hall–Kier alpha value is -2.49. The van der Waals surface area contributed by atoms with E-state index in [2.05, 4.69) is 0 Å². The molecule has 0 spiro atoms. The molecule has 4 rings (SSSR count). The number of hydrogen-bond acceptors (Lipinski definition) is 5. The van der Waals surface area contributed by atoms with Crippen LogP contribution in [0.25, 0.3) is 11.3 Å². The third-order valence-electron chi connectivity index (χ3n) is 5.07. The molecule has 9 heteroatoms. The number of hydrogen-bond donors (Lipinski definition) is 0. The summed E-state index contributed by atoms with van der Waals surface area (Å²) in [7, 11) is -3.48. The summed E-state index contributed by atoms with van der Waals surface area (Å²) in [6.07, 6.45) is 0.656. The van der Waals surface area contributed by atoms with E-state index in [9.17, 15) is 17.6 Å². The molecule has 1 amide bonds. The summed E-state index contributed by atoms with van der Waals surface area (Å²) < 4.78 is 46.5. The van der Waals surface area contributed by atoms with Crippen LogP contribution in [0, 0.1) is 5.82 Å². The molecule has 158 valence electrons. The van der Waals surface area contributed by atoms with Gasteiger partial charge in [0.15, 0.2) is 0 Å². The van der Waals surface area contributed by atoms with E-state index in [1.54, 1.807) is 52.7 Å². The highest BCUT2D eigenvalue weighted by Crippen LogP contribution is 2.26. The van der Waals surface area contributed by atoms with Gasteiger partial charge in [-0.2, -0.15) is 4.31 Å². The van der Waals surface area contributed by atoms with Gasteiger partial charge in [0.05, 0.1) is 5.56 Å². The molecule has 1 aliphatic heterocycles. The minimum atomic E-state index is -3.48. The molecule has 3 aromatic rings. The predicted octanol–water partition coefficient (Wildman–Crippen LogP) is 3.61. The first-order valence-corrected chi connectivity index (χ1v) is 11.9. The quantitative estimate of drug-likeness (QED) is 0.578. The van der Waals surface area contributed by atoms with Crippen LogP contribution in [-0.2, 0) is 21.2 Å². The van der Waals surface area contributed by atoms with E-state index in [-0.39, 0.29) is 31.2 Å². The molecule has 6 nitrogen and oxygen atoms in total. The number of thiophene rings is 1. The van der Waals surface area contributed by atoms with Gasteiger partial charge < -0.3 is 9.32 Å². The average molecular weight is 449 g/mol. The van der Waals surface area contributed by atoms with Gasteiger partial charge in [0.1, 0.15) is 21.5 Å². The molecule has 1 fully saturated rings. The summed E-state index contributed by atoms with van der Waals surface area (Å²) in [4.78, 5) is 14.2. The van der Waals surface area contributed by atoms with Crippen LogP contribution in [0.1, 0.15) is 12.2 Å². The average Bonchev–Trinajstić information content (AvgIpc) is 3.45. The number of carbonyl (C=O) groups excluding carboxylic acids is 1. The van der Waals surface area contributed by atoms with E-state index in [0.717, 1.165) is 0 Å². The van der Waals surface area contributed by atoms with Crippen molar-refractivity contribution in [2.45, 2.75) is 17.1 Å². The van der Waals surface area contributed by atoms with Crippen molar-refractivity contribution in [2.24, 2.45) is 0 Å². The summed E-state index contributed by atoms with van der Waals surface area (Å²) >= 11 is 1.19. The Labute approximate surface area is 178 Å². The zero-order valence-corrected chi connectivity index (χ0v) is 17.8. The third kappa shape index (κ3) is 4.33. The molecule has 1 saturated heterocycles. The van der Waals surface area contributed by atoms with Crippen molar-refractivity contribution in [1.29, 1.82) is 0 Å². The maximum Gasteiger partial charge on any atom is 0.252 e. The molecule has 3 heterocycles. The van der Waals surface area contributed by atoms with Crippen molar-refractivity contribution < 1.29 is 22.0 Å². The molecule has 0 bridgehead atoms. The van der Waals surface area contributed by atoms with E-state index < -0.39 is 10.0 Å². The number of halogens is 1. The highest BCUT2D eigenvalue weighted by Gasteiger charge is 2.30. The molecule has 2 aromatic heterocycles. The lowest BCUT2D eigenvalue weighted by Crippen LogP contribution is -2.50.